The van der Waals surface area contributed by atoms with E-state index in [0.717, 1.165) is 24.8 Å². The largest absolute Gasteiger partial charge is 0.371 e. The van der Waals surface area contributed by atoms with E-state index in [4.69, 9.17) is 5.73 Å². The van der Waals surface area contributed by atoms with E-state index in [9.17, 15) is 4.79 Å². The summed E-state index contributed by atoms with van der Waals surface area (Å²) in [5.41, 5.74) is 10.9. The number of rotatable bonds is 5. The van der Waals surface area contributed by atoms with Gasteiger partial charge in [-0.05, 0) is 79.7 Å². The maximum Gasteiger partial charge on any atom is 0.250 e. The topological polar surface area (TPSA) is 49.6 Å². The van der Waals surface area contributed by atoms with Crippen molar-refractivity contribution in [2.45, 2.75) is 70.4 Å². The first kappa shape index (κ1) is 21.5. The van der Waals surface area contributed by atoms with Crippen molar-refractivity contribution >= 4 is 11.6 Å². The summed E-state index contributed by atoms with van der Waals surface area (Å²) < 4.78 is 0. The van der Waals surface area contributed by atoms with Gasteiger partial charge in [-0.25, -0.2) is 0 Å². The molecule has 2 saturated heterocycles. The van der Waals surface area contributed by atoms with Crippen molar-refractivity contribution < 1.29 is 4.79 Å². The molecule has 1 atom stereocenters. The molecule has 2 N–H and O–H groups in total. The van der Waals surface area contributed by atoms with Gasteiger partial charge in [0.1, 0.15) is 0 Å². The molecule has 3 fully saturated rings. The third-order valence-corrected chi connectivity index (χ3v) is 8.41. The Labute approximate surface area is 192 Å². The Morgan fingerprint density at radius 2 is 1.69 bits per heavy atom. The van der Waals surface area contributed by atoms with Crippen LogP contribution >= 0.6 is 0 Å². The number of hydrogen-bond acceptors (Lipinski definition) is 3. The summed E-state index contributed by atoms with van der Waals surface area (Å²) in [4.78, 5) is 17.1. The van der Waals surface area contributed by atoms with Crippen LogP contribution < -0.4 is 10.6 Å². The van der Waals surface area contributed by atoms with Gasteiger partial charge in [0.25, 0.3) is 5.91 Å². The van der Waals surface area contributed by atoms with Gasteiger partial charge in [-0.3, -0.25) is 9.69 Å². The van der Waals surface area contributed by atoms with Crippen LogP contribution in [-0.4, -0.2) is 36.5 Å². The fourth-order valence-electron chi connectivity index (χ4n) is 6.66. The molecule has 5 rings (SSSR count). The third kappa shape index (κ3) is 3.83. The summed E-state index contributed by atoms with van der Waals surface area (Å²) in [7, 11) is 0. The molecule has 2 aromatic rings. The third-order valence-electron chi connectivity index (χ3n) is 8.41. The molecule has 4 heteroatoms. The SMILES string of the molecule is CC(C)c1ccccc1[C@H]1CCCN1C1CC2(CCN(c3ccccc3C(N)=O)CC2)C1. The van der Waals surface area contributed by atoms with Crippen LogP contribution in [-0.2, 0) is 0 Å². The van der Waals surface area contributed by atoms with Gasteiger partial charge in [0.05, 0.1) is 5.56 Å². The van der Waals surface area contributed by atoms with E-state index in [-0.39, 0.29) is 5.91 Å². The second kappa shape index (κ2) is 8.55. The molecular weight excluding hydrogens is 394 g/mol. The number of nitrogens with two attached hydrogens (primary N) is 1. The number of nitrogens with zero attached hydrogens (tertiary/aromatic N) is 2. The van der Waals surface area contributed by atoms with Gasteiger partial charge in [0.2, 0.25) is 0 Å². The van der Waals surface area contributed by atoms with Gasteiger partial charge in [0, 0.05) is 30.9 Å². The normalized spacial score (nSPS) is 23.6. The first-order valence-electron chi connectivity index (χ1n) is 12.5. The molecule has 1 amide bonds. The van der Waals surface area contributed by atoms with E-state index in [1.807, 2.05) is 24.3 Å². The number of likely N-dealkylation sites (tertiary alicyclic amines) is 1. The number of amides is 1. The number of piperidine rings is 1. The number of carbonyl (C=O) groups excluding carboxylic acids is 1. The predicted octanol–water partition coefficient (Wildman–Crippen LogP) is 5.50. The molecule has 2 aromatic carbocycles. The molecule has 0 radical (unpaired) electrons. The second-order valence-electron chi connectivity index (χ2n) is 10.6. The van der Waals surface area contributed by atoms with E-state index in [0.29, 0.717) is 22.9 Å². The van der Waals surface area contributed by atoms with Crippen molar-refractivity contribution in [2.24, 2.45) is 11.1 Å². The van der Waals surface area contributed by atoms with Crippen LogP contribution in [0.4, 0.5) is 5.69 Å². The minimum atomic E-state index is -0.327. The average Bonchev–Trinajstić information content (AvgIpc) is 3.27. The lowest BCUT2D eigenvalue weighted by atomic mass is 9.59. The van der Waals surface area contributed by atoms with Gasteiger partial charge in [-0.1, -0.05) is 50.2 Å². The first-order valence-corrected chi connectivity index (χ1v) is 12.5. The van der Waals surface area contributed by atoms with Crippen molar-refractivity contribution in [3.63, 3.8) is 0 Å². The van der Waals surface area contributed by atoms with Gasteiger partial charge in [-0.15, -0.1) is 0 Å². The van der Waals surface area contributed by atoms with Gasteiger partial charge >= 0.3 is 0 Å². The predicted molar refractivity (Wildman–Crippen MR) is 131 cm³/mol. The quantitative estimate of drug-likeness (QED) is 0.680. The van der Waals surface area contributed by atoms with Crippen LogP contribution in [0.25, 0.3) is 0 Å². The summed E-state index contributed by atoms with van der Waals surface area (Å²) in [6.45, 7) is 7.93. The van der Waals surface area contributed by atoms with Crippen LogP contribution in [0, 0.1) is 5.41 Å². The molecule has 32 heavy (non-hydrogen) atoms. The lowest BCUT2D eigenvalue weighted by Gasteiger charge is -2.56. The van der Waals surface area contributed by atoms with E-state index < -0.39 is 0 Å². The molecule has 3 aliphatic rings. The highest BCUT2D eigenvalue weighted by atomic mass is 16.1. The van der Waals surface area contributed by atoms with Crippen molar-refractivity contribution in [3.8, 4) is 0 Å². The van der Waals surface area contributed by atoms with Crippen LogP contribution in [0.5, 0.6) is 0 Å². The molecule has 0 aromatic heterocycles. The fraction of sp³-hybridized carbons (Fsp3) is 0.536. The zero-order chi connectivity index (χ0) is 22.3. The highest BCUT2D eigenvalue weighted by Gasteiger charge is 2.50. The van der Waals surface area contributed by atoms with Gasteiger partial charge in [-0.2, -0.15) is 0 Å². The zero-order valence-electron chi connectivity index (χ0n) is 19.6. The van der Waals surface area contributed by atoms with E-state index >= 15 is 0 Å². The zero-order valence-corrected chi connectivity index (χ0v) is 19.6. The van der Waals surface area contributed by atoms with Crippen molar-refractivity contribution in [1.82, 2.24) is 4.90 Å². The van der Waals surface area contributed by atoms with Crippen LogP contribution in [0.1, 0.15) is 85.8 Å². The fourth-order valence-corrected chi connectivity index (χ4v) is 6.66. The Hall–Kier alpha value is -2.33. The maximum absolute atomic E-state index is 11.9. The number of primary amides is 1. The molecule has 4 nitrogen and oxygen atoms in total. The smallest absolute Gasteiger partial charge is 0.250 e. The Kier molecular flexibility index (Phi) is 5.75. The number of hydrogen-bond donors (Lipinski definition) is 1. The molecule has 0 bridgehead atoms. The van der Waals surface area contributed by atoms with E-state index in [2.05, 4.69) is 47.9 Å². The highest BCUT2D eigenvalue weighted by Crippen LogP contribution is 2.54. The summed E-state index contributed by atoms with van der Waals surface area (Å²) in [6, 6.07) is 18.3. The Morgan fingerprint density at radius 3 is 2.41 bits per heavy atom. The van der Waals surface area contributed by atoms with Gasteiger partial charge in [0.15, 0.2) is 0 Å². The van der Waals surface area contributed by atoms with Crippen molar-refractivity contribution in [1.29, 1.82) is 0 Å². The summed E-state index contributed by atoms with van der Waals surface area (Å²) in [5.74, 6) is 0.250. The minimum Gasteiger partial charge on any atom is -0.371 e. The van der Waals surface area contributed by atoms with Crippen molar-refractivity contribution in [3.05, 3.63) is 65.2 Å². The number of anilines is 1. The highest BCUT2D eigenvalue weighted by molar-refractivity contribution is 5.98. The maximum atomic E-state index is 11.9. The summed E-state index contributed by atoms with van der Waals surface area (Å²) >= 11 is 0. The molecule has 170 valence electrons. The van der Waals surface area contributed by atoms with E-state index in [1.165, 1.54) is 50.6 Å². The Bertz CT molecular complexity index is 968. The number of carbonyl (C=O) groups is 1. The van der Waals surface area contributed by atoms with Crippen LogP contribution in [0.15, 0.2) is 48.5 Å². The molecule has 1 spiro atoms. The monoisotopic (exact) mass is 431 g/mol. The molecule has 1 saturated carbocycles. The molecule has 2 aliphatic heterocycles. The average molecular weight is 432 g/mol. The van der Waals surface area contributed by atoms with Gasteiger partial charge < -0.3 is 10.6 Å². The van der Waals surface area contributed by atoms with Crippen molar-refractivity contribution in [2.75, 3.05) is 24.5 Å². The second-order valence-corrected chi connectivity index (χ2v) is 10.6. The molecule has 1 aliphatic carbocycles. The van der Waals surface area contributed by atoms with E-state index in [1.54, 1.807) is 5.56 Å². The molecular formula is C28H37N3O. The summed E-state index contributed by atoms with van der Waals surface area (Å²) in [5, 5.41) is 0. The number of para-hydroxylation sites is 1. The first-order chi connectivity index (χ1) is 15.5. The summed E-state index contributed by atoms with van der Waals surface area (Å²) in [6.07, 6.45) is 7.72. The number of benzene rings is 2. The Morgan fingerprint density at radius 1 is 1.00 bits per heavy atom. The lowest BCUT2D eigenvalue weighted by Crippen LogP contribution is -2.55. The lowest BCUT2D eigenvalue weighted by molar-refractivity contribution is -0.0227. The minimum absolute atomic E-state index is 0.327. The Balaban J connectivity index is 1.24. The standard InChI is InChI=1S/C28H37N3O/c1-20(2)22-8-3-4-9-23(22)26-12-7-15-31(26)21-18-28(19-21)13-16-30(17-14-28)25-11-6-5-10-24(25)27(29)32/h3-6,8-11,20-21,26H,7,12-19H2,1-2H3,(H2,29,32)/t26-/m1/s1. The molecule has 2 heterocycles. The molecule has 0 unspecified atom stereocenters. The van der Waals surface area contributed by atoms with Crippen LogP contribution in [0.2, 0.25) is 0 Å². The van der Waals surface area contributed by atoms with Crippen LogP contribution in [0.3, 0.4) is 0 Å².